The van der Waals surface area contributed by atoms with E-state index in [1.54, 1.807) is 71.9 Å². The molecule has 0 aliphatic rings. The van der Waals surface area contributed by atoms with E-state index in [0.717, 1.165) is 4.90 Å². The van der Waals surface area contributed by atoms with Gasteiger partial charge in [-0.05, 0) is 51.3 Å². The minimum absolute atomic E-state index is 0.103. The molecule has 0 heterocycles. The molecule has 2 unspecified atom stereocenters. The summed E-state index contributed by atoms with van der Waals surface area (Å²) in [6.45, 7) is 10.3. The zero-order valence-corrected chi connectivity index (χ0v) is 22.0. The van der Waals surface area contributed by atoms with Gasteiger partial charge in [-0.3, -0.25) is 14.5 Å². The number of aryl methyl sites for hydroxylation is 1. The molecule has 0 fully saturated rings. The SMILES string of the molecule is C#CN(C(=O)C(NC(=O)OC(C)(C)C)C(C)C)C(C(=O)Nc1c(C)cccc1Cl)c1ccccc1O. The fraction of sp³-hybridized carbons (Fsp3) is 0.370. The number of ether oxygens (including phenoxy) is 1. The number of carbonyl (C=O) groups is 3. The van der Waals surface area contributed by atoms with Crippen LogP contribution in [-0.4, -0.2) is 39.6 Å². The maximum atomic E-state index is 13.7. The molecule has 36 heavy (non-hydrogen) atoms. The molecule has 2 aromatic rings. The van der Waals surface area contributed by atoms with Gasteiger partial charge in [0.1, 0.15) is 17.4 Å². The number of anilines is 1. The number of aromatic hydroxyl groups is 1. The Morgan fingerprint density at radius 3 is 2.28 bits per heavy atom. The number of nitrogens with zero attached hydrogens (tertiary/aromatic N) is 1. The molecule has 0 saturated carbocycles. The second-order valence-corrected chi connectivity index (χ2v) is 9.99. The van der Waals surface area contributed by atoms with Crippen molar-refractivity contribution in [3.8, 4) is 18.2 Å². The van der Waals surface area contributed by atoms with Gasteiger partial charge in [-0.1, -0.05) is 62.2 Å². The van der Waals surface area contributed by atoms with Crippen LogP contribution in [-0.2, 0) is 14.3 Å². The standard InChI is InChI=1S/C27H32ClN3O5/c1-8-31(25(34)21(16(2)3)30-26(35)36-27(5,6)7)23(18-13-9-10-15-20(18)32)24(33)29-22-17(4)12-11-14-19(22)28/h1,9-16,21,23,32H,2-7H3,(H,29,33)(H,30,35). The summed E-state index contributed by atoms with van der Waals surface area (Å²) in [5.74, 6) is -2.06. The molecular formula is C27H32ClN3O5. The zero-order chi connectivity index (χ0) is 27.2. The van der Waals surface area contributed by atoms with Crippen LogP contribution in [0.5, 0.6) is 5.75 Å². The van der Waals surface area contributed by atoms with Crippen LogP contribution in [0.2, 0.25) is 5.02 Å². The third-order valence-corrected chi connectivity index (χ3v) is 5.50. The highest BCUT2D eigenvalue weighted by atomic mass is 35.5. The second kappa shape index (κ2) is 11.8. The summed E-state index contributed by atoms with van der Waals surface area (Å²) in [6.07, 6.45) is 4.94. The number of benzene rings is 2. The van der Waals surface area contributed by atoms with Gasteiger partial charge in [0, 0.05) is 11.6 Å². The number of alkyl carbamates (subject to hydrolysis) is 1. The van der Waals surface area contributed by atoms with Crippen LogP contribution in [0.4, 0.5) is 10.5 Å². The molecule has 2 atom stereocenters. The van der Waals surface area contributed by atoms with E-state index in [9.17, 15) is 19.5 Å². The minimum Gasteiger partial charge on any atom is -0.508 e. The van der Waals surface area contributed by atoms with Gasteiger partial charge in [0.15, 0.2) is 6.04 Å². The summed E-state index contributed by atoms with van der Waals surface area (Å²) in [6, 6.07) is 10.9. The normalized spacial score (nSPS) is 12.8. The highest BCUT2D eigenvalue weighted by Crippen LogP contribution is 2.32. The lowest BCUT2D eigenvalue weighted by Crippen LogP contribution is -2.53. The predicted octanol–water partition coefficient (Wildman–Crippen LogP) is 5.00. The Balaban J connectivity index is 2.51. The van der Waals surface area contributed by atoms with E-state index >= 15 is 0 Å². The lowest BCUT2D eigenvalue weighted by molar-refractivity contribution is -0.137. The number of carbonyl (C=O) groups excluding carboxylic acids is 3. The van der Waals surface area contributed by atoms with Gasteiger partial charge in [0.2, 0.25) is 0 Å². The number of amides is 3. The van der Waals surface area contributed by atoms with E-state index in [-0.39, 0.29) is 11.3 Å². The van der Waals surface area contributed by atoms with Gasteiger partial charge in [0.05, 0.1) is 10.7 Å². The Morgan fingerprint density at radius 2 is 1.75 bits per heavy atom. The molecule has 2 rings (SSSR count). The molecule has 3 N–H and O–H groups in total. The zero-order valence-electron chi connectivity index (χ0n) is 21.3. The maximum absolute atomic E-state index is 13.7. The van der Waals surface area contributed by atoms with E-state index in [1.807, 2.05) is 0 Å². The van der Waals surface area contributed by atoms with Gasteiger partial charge < -0.3 is 20.5 Å². The van der Waals surface area contributed by atoms with E-state index in [2.05, 4.69) is 16.7 Å². The van der Waals surface area contributed by atoms with Crippen molar-refractivity contribution in [3.05, 3.63) is 58.6 Å². The number of phenolic OH excluding ortho intramolecular Hbond substituents is 1. The summed E-state index contributed by atoms with van der Waals surface area (Å²) in [4.78, 5) is 40.6. The Kier molecular flexibility index (Phi) is 9.37. The fourth-order valence-electron chi connectivity index (χ4n) is 3.46. The van der Waals surface area contributed by atoms with E-state index in [0.29, 0.717) is 16.3 Å². The number of para-hydroxylation sites is 2. The molecule has 0 aromatic heterocycles. The van der Waals surface area contributed by atoms with Crippen molar-refractivity contribution in [1.82, 2.24) is 10.2 Å². The van der Waals surface area contributed by atoms with Gasteiger partial charge in [0.25, 0.3) is 11.8 Å². The highest BCUT2D eigenvalue weighted by Gasteiger charge is 2.38. The van der Waals surface area contributed by atoms with Crippen molar-refractivity contribution < 1.29 is 24.2 Å². The average molecular weight is 514 g/mol. The number of rotatable bonds is 7. The van der Waals surface area contributed by atoms with Crippen LogP contribution in [0.1, 0.15) is 51.8 Å². The predicted molar refractivity (Wildman–Crippen MR) is 139 cm³/mol. The topological polar surface area (TPSA) is 108 Å². The largest absolute Gasteiger partial charge is 0.508 e. The summed E-state index contributed by atoms with van der Waals surface area (Å²) in [5, 5.41) is 16.1. The van der Waals surface area contributed by atoms with Gasteiger partial charge in [-0.25, -0.2) is 4.79 Å². The summed E-state index contributed by atoms with van der Waals surface area (Å²) in [7, 11) is 0. The van der Waals surface area contributed by atoms with E-state index in [4.69, 9.17) is 22.8 Å². The molecule has 0 aliphatic heterocycles. The van der Waals surface area contributed by atoms with E-state index < -0.39 is 41.5 Å². The molecule has 0 bridgehead atoms. The van der Waals surface area contributed by atoms with Gasteiger partial charge in [-0.2, -0.15) is 0 Å². The van der Waals surface area contributed by atoms with Crippen molar-refractivity contribution >= 4 is 35.2 Å². The summed E-state index contributed by atoms with van der Waals surface area (Å²) < 4.78 is 5.29. The first-order valence-electron chi connectivity index (χ1n) is 11.4. The molecule has 0 aliphatic carbocycles. The molecular weight excluding hydrogens is 482 g/mol. The quantitative estimate of drug-likeness (QED) is 0.356. The number of phenols is 1. The number of hydrogen-bond donors (Lipinski definition) is 3. The number of terminal acetylenes is 1. The molecule has 3 amide bonds. The number of halogens is 1. The van der Waals surface area contributed by atoms with E-state index in [1.165, 1.54) is 12.1 Å². The lowest BCUT2D eigenvalue weighted by atomic mass is 9.98. The number of hydrogen-bond acceptors (Lipinski definition) is 5. The Morgan fingerprint density at radius 1 is 1.11 bits per heavy atom. The molecule has 0 saturated heterocycles. The third-order valence-electron chi connectivity index (χ3n) is 5.19. The second-order valence-electron chi connectivity index (χ2n) is 9.59. The Hall–Kier alpha value is -3.70. The monoisotopic (exact) mass is 513 g/mol. The van der Waals surface area contributed by atoms with Crippen molar-refractivity contribution in [3.63, 3.8) is 0 Å². The first-order chi connectivity index (χ1) is 16.8. The third kappa shape index (κ3) is 7.15. The Labute approximate surface area is 217 Å². The van der Waals surface area contributed by atoms with Crippen molar-refractivity contribution in [2.24, 2.45) is 5.92 Å². The van der Waals surface area contributed by atoms with Crippen LogP contribution in [0.25, 0.3) is 0 Å². The first-order valence-corrected chi connectivity index (χ1v) is 11.8. The van der Waals surface area contributed by atoms with Crippen molar-refractivity contribution in [1.29, 1.82) is 0 Å². The molecule has 0 spiro atoms. The van der Waals surface area contributed by atoms with Crippen LogP contribution in [0, 0.1) is 25.3 Å². The van der Waals surface area contributed by atoms with Gasteiger partial charge in [-0.15, -0.1) is 0 Å². The Bertz CT molecular complexity index is 1150. The van der Waals surface area contributed by atoms with Crippen LogP contribution < -0.4 is 10.6 Å². The van der Waals surface area contributed by atoms with Gasteiger partial charge >= 0.3 is 6.09 Å². The number of nitrogens with one attached hydrogen (secondary N) is 2. The molecule has 2 aromatic carbocycles. The summed E-state index contributed by atoms with van der Waals surface area (Å²) in [5.41, 5.74) is 0.357. The molecule has 192 valence electrons. The molecule has 0 radical (unpaired) electrons. The molecule has 9 heteroatoms. The fourth-order valence-corrected chi connectivity index (χ4v) is 3.73. The van der Waals surface area contributed by atoms with Crippen molar-refractivity contribution in [2.75, 3.05) is 5.32 Å². The smallest absolute Gasteiger partial charge is 0.408 e. The minimum atomic E-state index is -1.43. The van der Waals surface area contributed by atoms with Crippen molar-refractivity contribution in [2.45, 2.75) is 59.2 Å². The maximum Gasteiger partial charge on any atom is 0.408 e. The van der Waals surface area contributed by atoms with Crippen LogP contribution >= 0.6 is 11.6 Å². The highest BCUT2D eigenvalue weighted by molar-refractivity contribution is 6.34. The molecule has 8 nitrogen and oxygen atoms in total. The first kappa shape index (κ1) is 28.5. The lowest BCUT2D eigenvalue weighted by Gasteiger charge is -2.32. The summed E-state index contributed by atoms with van der Waals surface area (Å²) >= 11 is 6.29. The average Bonchev–Trinajstić information content (AvgIpc) is 2.77. The van der Waals surface area contributed by atoms with Crippen LogP contribution in [0.15, 0.2) is 42.5 Å². The van der Waals surface area contributed by atoms with Crippen LogP contribution in [0.3, 0.4) is 0 Å².